The summed E-state index contributed by atoms with van der Waals surface area (Å²) < 4.78 is 11.0. The Morgan fingerprint density at radius 1 is 1.17 bits per heavy atom. The summed E-state index contributed by atoms with van der Waals surface area (Å²) in [6.07, 6.45) is 0.645. The number of ether oxygens (including phenoxy) is 2. The number of rotatable bonds is 4. The number of Topliss-reactive ketones (excluding diaryl/α,β-unsaturated/α-hetero) is 1. The van der Waals surface area contributed by atoms with E-state index in [0.717, 1.165) is 27.7 Å². The highest BCUT2D eigenvalue weighted by Crippen LogP contribution is 2.44. The summed E-state index contributed by atoms with van der Waals surface area (Å²) in [6, 6.07) is 12.7. The molecule has 2 atom stereocenters. The van der Waals surface area contributed by atoms with Gasteiger partial charge in [-0.3, -0.25) is 9.59 Å². The molecule has 0 saturated carbocycles. The van der Waals surface area contributed by atoms with Crippen LogP contribution in [-0.2, 0) is 16.0 Å². The summed E-state index contributed by atoms with van der Waals surface area (Å²) in [5, 5.41) is 1.08. The van der Waals surface area contributed by atoms with Crippen LogP contribution in [0, 0.1) is 0 Å². The summed E-state index contributed by atoms with van der Waals surface area (Å²) in [7, 11) is 0. The third-order valence-corrected chi connectivity index (χ3v) is 6.10. The molecular formula is C23H21ClN2O4. The maximum Gasteiger partial charge on any atom is 0.231 e. The van der Waals surface area contributed by atoms with E-state index in [2.05, 4.69) is 11.1 Å². The van der Waals surface area contributed by atoms with Gasteiger partial charge in [0.1, 0.15) is 0 Å². The number of ketones is 1. The van der Waals surface area contributed by atoms with Crippen molar-refractivity contribution in [3.8, 4) is 11.5 Å². The number of hydrogen-bond acceptors (Lipinski definition) is 4. The van der Waals surface area contributed by atoms with Crippen LogP contribution >= 0.6 is 11.6 Å². The number of nitrogens with one attached hydrogen (secondary N) is 1. The first kappa shape index (κ1) is 19.0. The fourth-order valence-corrected chi connectivity index (χ4v) is 4.72. The van der Waals surface area contributed by atoms with Gasteiger partial charge in [-0.05, 0) is 36.2 Å². The standard InChI is InChI=1S/C23H21ClN2O4/c1-13(27)18-11-16-15-4-2-3-5-17(15)25-22(16)23(26(18)21(28)8-9-24)14-6-7-19-20(10-14)30-12-29-19/h2-7,10,18,23,25H,8-9,11-12H2,1H3/t18-,23-/m1/s1. The third kappa shape index (κ3) is 2.94. The Hall–Kier alpha value is -2.99. The minimum absolute atomic E-state index is 0.0420. The van der Waals surface area contributed by atoms with Crippen molar-refractivity contribution in [1.29, 1.82) is 0 Å². The van der Waals surface area contributed by atoms with E-state index in [0.29, 0.717) is 17.9 Å². The zero-order chi connectivity index (χ0) is 20.8. The van der Waals surface area contributed by atoms with Crippen molar-refractivity contribution in [2.24, 2.45) is 0 Å². The summed E-state index contributed by atoms with van der Waals surface area (Å²) in [5.74, 6) is 1.33. The van der Waals surface area contributed by atoms with Crippen LogP contribution in [0.25, 0.3) is 10.9 Å². The molecule has 7 heteroatoms. The van der Waals surface area contributed by atoms with Gasteiger partial charge in [0.15, 0.2) is 17.3 Å². The molecule has 3 heterocycles. The van der Waals surface area contributed by atoms with Crippen molar-refractivity contribution < 1.29 is 19.1 Å². The van der Waals surface area contributed by atoms with Crippen molar-refractivity contribution in [2.45, 2.75) is 31.8 Å². The number of hydrogen-bond donors (Lipinski definition) is 1. The van der Waals surface area contributed by atoms with Crippen LogP contribution in [0.2, 0.25) is 0 Å². The lowest BCUT2D eigenvalue weighted by molar-refractivity contribution is -0.141. The van der Waals surface area contributed by atoms with Crippen LogP contribution < -0.4 is 9.47 Å². The molecule has 0 aliphatic carbocycles. The zero-order valence-corrected chi connectivity index (χ0v) is 17.2. The first-order valence-electron chi connectivity index (χ1n) is 9.95. The number of para-hydroxylation sites is 1. The fourth-order valence-electron chi connectivity index (χ4n) is 4.56. The molecule has 1 aromatic heterocycles. The molecule has 0 unspecified atom stereocenters. The molecule has 2 aromatic carbocycles. The highest BCUT2D eigenvalue weighted by atomic mass is 35.5. The number of carbonyl (C=O) groups is 2. The normalized spacial score (nSPS) is 19.7. The van der Waals surface area contributed by atoms with Gasteiger partial charge in [0.25, 0.3) is 0 Å². The number of halogens is 1. The average molecular weight is 425 g/mol. The van der Waals surface area contributed by atoms with E-state index in [4.69, 9.17) is 21.1 Å². The number of benzene rings is 2. The first-order chi connectivity index (χ1) is 14.6. The molecule has 6 nitrogen and oxygen atoms in total. The molecule has 0 saturated heterocycles. The molecule has 0 fully saturated rings. The SMILES string of the molecule is CC(=O)[C@H]1Cc2c([nH]c3ccccc23)[C@@H](c2ccc3c(c2)OCO3)N1C(=O)CCCl. The van der Waals surface area contributed by atoms with Crippen molar-refractivity contribution in [3.05, 3.63) is 59.3 Å². The second kappa shape index (κ2) is 7.36. The maximum absolute atomic E-state index is 13.2. The van der Waals surface area contributed by atoms with Gasteiger partial charge in [0.05, 0.1) is 12.1 Å². The van der Waals surface area contributed by atoms with E-state index in [-0.39, 0.29) is 30.8 Å². The van der Waals surface area contributed by atoms with E-state index < -0.39 is 12.1 Å². The number of aromatic amines is 1. The fraction of sp³-hybridized carbons (Fsp3) is 0.304. The predicted octanol–water partition coefficient (Wildman–Crippen LogP) is 3.96. The molecule has 2 aliphatic rings. The Bertz CT molecular complexity index is 1160. The van der Waals surface area contributed by atoms with Gasteiger partial charge in [-0.2, -0.15) is 0 Å². The second-order valence-electron chi connectivity index (χ2n) is 7.65. The van der Waals surface area contributed by atoms with Gasteiger partial charge >= 0.3 is 0 Å². The van der Waals surface area contributed by atoms with Gasteiger partial charge < -0.3 is 19.4 Å². The smallest absolute Gasteiger partial charge is 0.231 e. The van der Waals surface area contributed by atoms with E-state index in [1.54, 1.807) is 11.8 Å². The zero-order valence-electron chi connectivity index (χ0n) is 16.5. The highest BCUT2D eigenvalue weighted by Gasteiger charge is 2.42. The number of nitrogens with zero attached hydrogens (tertiary/aromatic N) is 1. The van der Waals surface area contributed by atoms with Crippen molar-refractivity contribution >= 4 is 34.2 Å². The number of carbonyl (C=O) groups excluding carboxylic acids is 2. The van der Waals surface area contributed by atoms with Crippen molar-refractivity contribution in [3.63, 3.8) is 0 Å². The number of H-pyrrole nitrogens is 1. The third-order valence-electron chi connectivity index (χ3n) is 5.91. The van der Waals surface area contributed by atoms with Gasteiger partial charge in [-0.1, -0.05) is 24.3 Å². The lowest BCUT2D eigenvalue weighted by Crippen LogP contribution is -2.51. The lowest BCUT2D eigenvalue weighted by atomic mass is 9.86. The topological polar surface area (TPSA) is 71.6 Å². The summed E-state index contributed by atoms with van der Waals surface area (Å²) in [6.45, 7) is 1.72. The summed E-state index contributed by atoms with van der Waals surface area (Å²) in [4.78, 5) is 31.0. The minimum Gasteiger partial charge on any atom is -0.454 e. The van der Waals surface area contributed by atoms with Crippen molar-refractivity contribution in [1.82, 2.24) is 9.88 Å². The van der Waals surface area contributed by atoms with Gasteiger partial charge in [0, 0.05) is 35.3 Å². The molecule has 1 amide bonds. The molecule has 0 spiro atoms. The Balaban J connectivity index is 1.74. The molecule has 1 N–H and O–H groups in total. The molecule has 2 aliphatic heterocycles. The van der Waals surface area contributed by atoms with Crippen LogP contribution in [0.3, 0.4) is 0 Å². The molecule has 30 heavy (non-hydrogen) atoms. The summed E-state index contributed by atoms with van der Waals surface area (Å²) in [5.41, 5.74) is 3.85. The first-order valence-corrected chi connectivity index (χ1v) is 10.5. The second-order valence-corrected chi connectivity index (χ2v) is 8.03. The van der Waals surface area contributed by atoms with E-state index in [1.165, 1.54) is 0 Å². The van der Waals surface area contributed by atoms with Gasteiger partial charge in [-0.15, -0.1) is 11.6 Å². The molecule has 3 aromatic rings. The largest absolute Gasteiger partial charge is 0.454 e. The molecule has 0 bridgehead atoms. The predicted molar refractivity (Wildman–Crippen MR) is 113 cm³/mol. The Kier molecular flexibility index (Phi) is 4.66. The number of aromatic nitrogens is 1. The van der Waals surface area contributed by atoms with Crippen LogP contribution in [0.15, 0.2) is 42.5 Å². The van der Waals surface area contributed by atoms with E-state index in [1.807, 2.05) is 36.4 Å². The maximum atomic E-state index is 13.2. The van der Waals surface area contributed by atoms with Crippen LogP contribution in [0.5, 0.6) is 11.5 Å². The Morgan fingerprint density at radius 3 is 2.77 bits per heavy atom. The quantitative estimate of drug-likeness (QED) is 0.643. The van der Waals surface area contributed by atoms with E-state index in [9.17, 15) is 9.59 Å². The van der Waals surface area contributed by atoms with Crippen LogP contribution in [0.4, 0.5) is 0 Å². The molecule has 0 radical (unpaired) electrons. The van der Waals surface area contributed by atoms with Gasteiger partial charge in [0.2, 0.25) is 12.7 Å². The Labute approximate surface area is 178 Å². The minimum atomic E-state index is -0.553. The molecule has 5 rings (SSSR count). The highest BCUT2D eigenvalue weighted by molar-refractivity contribution is 6.19. The number of alkyl halides is 1. The summed E-state index contributed by atoms with van der Waals surface area (Å²) >= 11 is 5.90. The van der Waals surface area contributed by atoms with Crippen LogP contribution in [-0.4, -0.2) is 40.3 Å². The lowest BCUT2D eigenvalue weighted by Gasteiger charge is -2.41. The van der Waals surface area contributed by atoms with Crippen molar-refractivity contribution in [2.75, 3.05) is 12.7 Å². The Morgan fingerprint density at radius 2 is 1.97 bits per heavy atom. The van der Waals surface area contributed by atoms with Gasteiger partial charge in [-0.25, -0.2) is 0 Å². The monoisotopic (exact) mass is 424 g/mol. The van der Waals surface area contributed by atoms with Crippen LogP contribution in [0.1, 0.15) is 36.2 Å². The number of fused-ring (bicyclic) bond motifs is 4. The molecule has 154 valence electrons. The number of amides is 1. The average Bonchev–Trinajstić information content (AvgIpc) is 3.36. The van der Waals surface area contributed by atoms with E-state index >= 15 is 0 Å². The molecular weight excluding hydrogens is 404 g/mol.